The van der Waals surface area contributed by atoms with Gasteiger partial charge < -0.3 is 4.90 Å². The van der Waals surface area contributed by atoms with Gasteiger partial charge in [0.1, 0.15) is 5.78 Å². The molecule has 0 spiro atoms. The molecule has 0 bridgehead atoms. The van der Waals surface area contributed by atoms with Gasteiger partial charge in [0.25, 0.3) is 0 Å². The van der Waals surface area contributed by atoms with E-state index in [2.05, 4.69) is 15.9 Å². The van der Waals surface area contributed by atoms with Crippen LogP contribution in [0.3, 0.4) is 0 Å². The zero-order valence-corrected chi connectivity index (χ0v) is 13.7. The number of rotatable bonds is 3. The summed E-state index contributed by atoms with van der Waals surface area (Å²) < 4.78 is 0.998. The van der Waals surface area contributed by atoms with Crippen LogP contribution in [0.2, 0.25) is 0 Å². The molecule has 1 heterocycles. The van der Waals surface area contributed by atoms with Gasteiger partial charge in [0, 0.05) is 22.6 Å². The fourth-order valence-corrected chi connectivity index (χ4v) is 3.18. The largest absolute Gasteiger partial charge is 0.312 e. The second-order valence-electron chi connectivity index (χ2n) is 5.67. The summed E-state index contributed by atoms with van der Waals surface area (Å²) in [5.41, 5.74) is 1.96. The molecule has 0 unspecified atom stereocenters. The Balaban J connectivity index is 2.28. The number of benzene rings is 1. The summed E-state index contributed by atoms with van der Waals surface area (Å²) in [6.45, 7) is 6.41. The van der Waals surface area contributed by atoms with Gasteiger partial charge in [0.15, 0.2) is 0 Å². The van der Waals surface area contributed by atoms with Crippen molar-refractivity contribution < 1.29 is 9.59 Å². The highest BCUT2D eigenvalue weighted by atomic mass is 79.9. The van der Waals surface area contributed by atoms with E-state index >= 15 is 0 Å². The predicted octanol–water partition coefficient (Wildman–Crippen LogP) is 3.73. The lowest BCUT2D eigenvalue weighted by molar-refractivity contribution is -0.135. The van der Waals surface area contributed by atoms with Crippen LogP contribution in [-0.2, 0) is 9.59 Å². The smallest absolute Gasteiger partial charge is 0.237 e. The van der Waals surface area contributed by atoms with E-state index in [9.17, 15) is 9.59 Å². The molecule has 0 radical (unpaired) electrons. The first kappa shape index (κ1) is 15.2. The highest BCUT2D eigenvalue weighted by Crippen LogP contribution is 2.30. The summed E-state index contributed by atoms with van der Waals surface area (Å²) in [7, 11) is 0. The lowest BCUT2D eigenvalue weighted by Crippen LogP contribution is -2.45. The van der Waals surface area contributed by atoms with Crippen LogP contribution in [0.25, 0.3) is 0 Å². The molecule has 1 aromatic rings. The highest BCUT2D eigenvalue weighted by molar-refractivity contribution is 9.10. The van der Waals surface area contributed by atoms with Crippen molar-refractivity contribution in [3.05, 3.63) is 28.2 Å². The van der Waals surface area contributed by atoms with Gasteiger partial charge in [-0.15, -0.1) is 0 Å². The maximum absolute atomic E-state index is 12.6. The third-order valence-electron chi connectivity index (χ3n) is 3.80. The Kier molecular flexibility index (Phi) is 4.63. The normalized spacial score (nSPS) is 19.6. The van der Waals surface area contributed by atoms with E-state index in [0.717, 1.165) is 22.1 Å². The number of carbonyl (C=O) groups excluding carboxylic acids is 2. The third kappa shape index (κ3) is 2.95. The molecule has 20 heavy (non-hydrogen) atoms. The first-order valence-electron chi connectivity index (χ1n) is 7.03. The van der Waals surface area contributed by atoms with Crippen LogP contribution in [0, 0.1) is 18.8 Å². The molecule has 4 heteroatoms. The SMILES string of the molecule is Cc1cc(Br)ccc1N1CCC[C@H](C(=O)C(C)C)C1=O. The molecule has 1 aromatic carbocycles. The van der Waals surface area contributed by atoms with E-state index < -0.39 is 5.92 Å². The molecular weight excluding hydrogens is 318 g/mol. The van der Waals surface area contributed by atoms with Gasteiger partial charge in [-0.25, -0.2) is 0 Å². The quantitative estimate of drug-likeness (QED) is 0.788. The molecule has 2 rings (SSSR count). The Labute approximate surface area is 128 Å². The molecule has 108 valence electrons. The first-order valence-corrected chi connectivity index (χ1v) is 7.82. The number of piperidine rings is 1. The fourth-order valence-electron chi connectivity index (χ4n) is 2.70. The maximum atomic E-state index is 12.6. The molecule has 0 N–H and O–H groups in total. The number of hydrogen-bond acceptors (Lipinski definition) is 2. The zero-order valence-electron chi connectivity index (χ0n) is 12.1. The summed E-state index contributed by atoms with van der Waals surface area (Å²) in [6, 6.07) is 5.87. The number of carbonyl (C=O) groups is 2. The lowest BCUT2D eigenvalue weighted by Gasteiger charge is -2.33. The van der Waals surface area contributed by atoms with E-state index in [4.69, 9.17) is 0 Å². The van der Waals surface area contributed by atoms with Gasteiger partial charge in [-0.2, -0.15) is 0 Å². The van der Waals surface area contributed by atoms with E-state index in [1.807, 2.05) is 39.0 Å². The Hall–Kier alpha value is -1.16. The number of Topliss-reactive ketones (excluding diaryl/α,β-unsaturated/α-hetero) is 1. The average Bonchev–Trinajstić information content (AvgIpc) is 2.39. The second kappa shape index (κ2) is 6.08. The van der Waals surface area contributed by atoms with Crippen LogP contribution in [0.5, 0.6) is 0 Å². The number of ketones is 1. The summed E-state index contributed by atoms with van der Waals surface area (Å²) >= 11 is 3.43. The Morgan fingerprint density at radius 3 is 2.70 bits per heavy atom. The van der Waals surface area contributed by atoms with Crippen LogP contribution >= 0.6 is 15.9 Å². The molecule has 3 nitrogen and oxygen atoms in total. The predicted molar refractivity (Wildman–Crippen MR) is 83.8 cm³/mol. The number of aryl methyl sites for hydroxylation is 1. The van der Waals surface area contributed by atoms with Crippen molar-refractivity contribution in [2.24, 2.45) is 11.8 Å². The minimum atomic E-state index is -0.466. The van der Waals surface area contributed by atoms with Gasteiger partial charge in [-0.05, 0) is 43.5 Å². The highest BCUT2D eigenvalue weighted by Gasteiger charge is 2.35. The number of hydrogen-bond donors (Lipinski definition) is 0. The van der Waals surface area contributed by atoms with Crippen molar-refractivity contribution in [3.8, 4) is 0 Å². The van der Waals surface area contributed by atoms with Crippen molar-refractivity contribution >= 4 is 33.3 Å². The van der Waals surface area contributed by atoms with Crippen LogP contribution < -0.4 is 4.90 Å². The van der Waals surface area contributed by atoms with Crippen LogP contribution in [0.4, 0.5) is 5.69 Å². The Morgan fingerprint density at radius 2 is 2.10 bits per heavy atom. The molecule has 1 fully saturated rings. The Bertz CT molecular complexity index is 539. The summed E-state index contributed by atoms with van der Waals surface area (Å²) in [4.78, 5) is 26.5. The third-order valence-corrected chi connectivity index (χ3v) is 4.29. The lowest BCUT2D eigenvalue weighted by atomic mass is 9.87. The fraction of sp³-hybridized carbons (Fsp3) is 0.500. The second-order valence-corrected chi connectivity index (χ2v) is 6.59. The number of halogens is 1. The Morgan fingerprint density at radius 1 is 1.40 bits per heavy atom. The van der Waals surface area contributed by atoms with Gasteiger partial charge in [-0.1, -0.05) is 29.8 Å². The molecule has 1 saturated heterocycles. The summed E-state index contributed by atoms with van der Waals surface area (Å²) in [6.07, 6.45) is 1.56. The molecule has 0 aliphatic carbocycles. The monoisotopic (exact) mass is 337 g/mol. The van der Waals surface area contributed by atoms with E-state index in [0.29, 0.717) is 13.0 Å². The summed E-state index contributed by atoms with van der Waals surface area (Å²) in [5.74, 6) is -0.531. The van der Waals surface area contributed by atoms with Gasteiger partial charge in [0.05, 0.1) is 5.92 Å². The van der Waals surface area contributed by atoms with Gasteiger partial charge in [-0.3, -0.25) is 9.59 Å². The molecular formula is C16H20BrNO2. The van der Waals surface area contributed by atoms with Crippen LogP contribution in [0.1, 0.15) is 32.3 Å². The topological polar surface area (TPSA) is 37.4 Å². The van der Waals surface area contributed by atoms with Crippen molar-refractivity contribution in [1.82, 2.24) is 0 Å². The molecule has 1 atom stereocenters. The van der Waals surface area contributed by atoms with Gasteiger partial charge >= 0.3 is 0 Å². The van der Waals surface area contributed by atoms with E-state index in [-0.39, 0.29) is 17.6 Å². The minimum absolute atomic E-state index is 0.0413. The average molecular weight is 338 g/mol. The zero-order chi connectivity index (χ0) is 14.9. The number of anilines is 1. The molecule has 1 aliphatic heterocycles. The molecule has 0 saturated carbocycles. The van der Waals surface area contributed by atoms with Crippen LogP contribution in [-0.4, -0.2) is 18.2 Å². The number of amides is 1. The van der Waals surface area contributed by atoms with Gasteiger partial charge in [0.2, 0.25) is 5.91 Å². The van der Waals surface area contributed by atoms with E-state index in [1.165, 1.54) is 0 Å². The van der Waals surface area contributed by atoms with E-state index in [1.54, 1.807) is 4.90 Å². The van der Waals surface area contributed by atoms with Crippen molar-refractivity contribution in [2.45, 2.75) is 33.6 Å². The number of nitrogens with zero attached hydrogens (tertiary/aromatic N) is 1. The summed E-state index contributed by atoms with van der Waals surface area (Å²) in [5, 5.41) is 0. The van der Waals surface area contributed by atoms with Crippen molar-refractivity contribution in [3.63, 3.8) is 0 Å². The molecule has 1 amide bonds. The van der Waals surface area contributed by atoms with Crippen molar-refractivity contribution in [1.29, 1.82) is 0 Å². The van der Waals surface area contributed by atoms with Crippen molar-refractivity contribution in [2.75, 3.05) is 11.4 Å². The first-order chi connectivity index (χ1) is 9.41. The standard InChI is InChI=1S/C16H20BrNO2/c1-10(2)15(19)13-5-4-8-18(16(13)20)14-7-6-12(17)9-11(14)3/h6-7,9-10,13H,4-5,8H2,1-3H3/t13-/m1/s1. The maximum Gasteiger partial charge on any atom is 0.237 e. The molecule has 0 aromatic heterocycles. The van der Waals surface area contributed by atoms with Crippen LogP contribution in [0.15, 0.2) is 22.7 Å². The molecule has 1 aliphatic rings. The minimum Gasteiger partial charge on any atom is -0.312 e.